The van der Waals surface area contributed by atoms with Gasteiger partial charge < -0.3 is 24.7 Å². The van der Waals surface area contributed by atoms with E-state index in [1.807, 2.05) is 24.3 Å². The van der Waals surface area contributed by atoms with Crippen LogP contribution in [0.3, 0.4) is 0 Å². The number of carbonyl (C=O) groups is 3. The SMILES string of the molecule is C=CCN(C)C(=O)[C@H]1[C@H]2C(=O)N(CCCCCO)C(C(=O)N(CC=C)c3ccc(N(CC)CC)cc3)C23CC[C@]1(C)S3. The number of fused-ring (bicyclic) bond motifs is 1. The Labute approximate surface area is 255 Å². The highest BCUT2D eigenvalue weighted by Crippen LogP contribution is 2.71. The standard InChI is InChI=1S/C33H48N4O4S/c1-7-20-34(6)29(39)26-27-30(40)37(22-12-11-13-23-38)28(33(27)19-18-32(26,5)42-33)31(41)36(21-8-2)25-16-14-24(15-17-25)35(9-3)10-4/h7-8,14-17,26-28,38H,1-2,9-13,18-23H2,3-6H3/t26-,27+,28?,32+,33?/m1/s1. The third-order valence-corrected chi connectivity index (χ3v) is 11.5. The van der Waals surface area contributed by atoms with Gasteiger partial charge in [-0.05, 0) is 77.1 Å². The lowest BCUT2D eigenvalue weighted by Crippen LogP contribution is -2.55. The minimum absolute atomic E-state index is 0.0481. The second-order valence-electron chi connectivity index (χ2n) is 12.0. The number of hydrogen-bond acceptors (Lipinski definition) is 6. The van der Waals surface area contributed by atoms with E-state index in [2.05, 4.69) is 38.8 Å². The molecule has 5 atom stereocenters. The van der Waals surface area contributed by atoms with Crippen molar-refractivity contribution in [2.75, 3.05) is 56.2 Å². The van der Waals surface area contributed by atoms with E-state index in [4.69, 9.17) is 0 Å². The summed E-state index contributed by atoms with van der Waals surface area (Å²) in [5, 5.41) is 9.32. The number of unbranched alkanes of at least 4 members (excludes halogenated alkanes) is 2. The van der Waals surface area contributed by atoms with E-state index >= 15 is 0 Å². The summed E-state index contributed by atoms with van der Waals surface area (Å²) in [6.07, 6.45) is 7.02. The fraction of sp³-hybridized carbons (Fsp3) is 0.606. The highest BCUT2D eigenvalue weighted by atomic mass is 32.2. The Kier molecular flexibility index (Phi) is 10.1. The summed E-state index contributed by atoms with van der Waals surface area (Å²) in [4.78, 5) is 50.4. The summed E-state index contributed by atoms with van der Waals surface area (Å²) in [5.74, 6) is -1.30. The van der Waals surface area contributed by atoms with Crippen molar-refractivity contribution in [2.24, 2.45) is 11.8 Å². The number of nitrogens with zero attached hydrogens (tertiary/aromatic N) is 4. The predicted molar refractivity (Wildman–Crippen MR) is 172 cm³/mol. The quantitative estimate of drug-likeness (QED) is 0.240. The molecule has 3 fully saturated rings. The summed E-state index contributed by atoms with van der Waals surface area (Å²) >= 11 is 1.70. The van der Waals surface area contributed by atoms with Gasteiger partial charge in [-0.15, -0.1) is 24.9 Å². The maximum Gasteiger partial charge on any atom is 0.251 e. The number of rotatable bonds is 15. The monoisotopic (exact) mass is 596 g/mol. The van der Waals surface area contributed by atoms with Gasteiger partial charge in [0.15, 0.2) is 0 Å². The van der Waals surface area contributed by atoms with Gasteiger partial charge in [0.25, 0.3) is 5.91 Å². The Balaban J connectivity index is 1.74. The van der Waals surface area contributed by atoms with Crippen molar-refractivity contribution in [3.8, 4) is 0 Å². The maximum absolute atomic E-state index is 14.8. The third kappa shape index (κ3) is 5.50. The molecule has 0 aliphatic carbocycles. The lowest BCUT2D eigenvalue weighted by molar-refractivity contribution is -0.144. The normalized spacial score (nSPS) is 27.6. The van der Waals surface area contributed by atoms with Crippen molar-refractivity contribution in [3.63, 3.8) is 0 Å². The van der Waals surface area contributed by atoms with Crippen LogP contribution in [0.15, 0.2) is 49.6 Å². The van der Waals surface area contributed by atoms with E-state index < -0.39 is 27.4 Å². The molecule has 2 unspecified atom stereocenters. The van der Waals surface area contributed by atoms with Crippen molar-refractivity contribution in [1.29, 1.82) is 0 Å². The first-order valence-electron chi connectivity index (χ1n) is 15.4. The zero-order valence-corrected chi connectivity index (χ0v) is 26.6. The first kappa shape index (κ1) is 32.1. The zero-order chi connectivity index (χ0) is 30.7. The van der Waals surface area contributed by atoms with Gasteiger partial charge in [0, 0.05) is 62.5 Å². The number of amides is 3. The van der Waals surface area contributed by atoms with E-state index in [-0.39, 0.29) is 24.3 Å². The molecule has 3 amide bonds. The van der Waals surface area contributed by atoms with Crippen LogP contribution < -0.4 is 9.80 Å². The molecule has 42 heavy (non-hydrogen) atoms. The van der Waals surface area contributed by atoms with E-state index in [1.165, 1.54) is 0 Å². The number of benzene rings is 1. The van der Waals surface area contributed by atoms with Crippen molar-refractivity contribution >= 4 is 40.9 Å². The van der Waals surface area contributed by atoms with Gasteiger partial charge in [0.1, 0.15) is 6.04 Å². The molecule has 0 aromatic heterocycles. The first-order chi connectivity index (χ1) is 20.1. The van der Waals surface area contributed by atoms with Crippen LogP contribution >= 0.6 is 11.8 Å². The lowest BCUT2D eigenvalue weighted by Gasteiger charge is -2.38. The molecular weight excluding hydrogens is 548 g/mol. The zero-order valence-electron chi connectivity index (χ0n) is 25.8. The number of thioether (sulfide) groups is 1. The Morgan fingerprint density at radius 2 is 1.67 bits per heavy atom. The Morgan fingerprint density at radius 3 is 2.26 bits per heavy atom. The molecule has 1 N–H and O–H groups in total. The van der Waals surface area contributed by atoms with Gasteiger partial charge in [-0.2, -0.15) is 0 Å². The fourth-order valence-electron chi connectivity index (χ4n) is 7.44. The van der Waals surface area contributed by atoms with Crippen LogP contribution in [0.2, 0.25) is 0 Å². The van der Waals surface area contributed by atoms with Crippen LogP contribution in [-0.4, -0.2) is 94.5 Å². The highest BCUT2D eigenvalue weighted by molar-refractivity contribution is 8.02. The average molecular weight is 597 g/mol. The number of hydrogen-bond donors (Lipinski definition) is 1. The van der Waals surface area contributed by atoms with E-state index in [0.717, 1.165) is 37.3 Å². The fourth-order valence-corrected chi connectivity index (χ4v) is 9.79. The summed E-state index contributed by atoms with van der Waals surface area (Å²) in [6.45, 7) is 17.1. The maximum atomic E-state index is 14.8. The number of carbonyl (C=O) groups excluding carboxylic acids is 3. The number of aliphatic hydroxyl groups is 1. The molecule has 3 saturated heterocycles. The number of likely N-dealkylation sites (N-methyl/N-ethyl adjacent to an activating group) is 1. The Hall–Kier alpha value is -2.78. The molecule has 0 saturated carbocycles. The van der Waals surface area contributed by atoms with Gasteiger partial charge in [-0.25, -0.2) is 0 Å². The Bertz CT molecular complexity index is 1170. The van der Waals surface area contributed by atoms with Gasteiger partial charge in [-0.1, -0.05) is 12.2 Å². The summed E-state index contributed by atoms with van der Waals surface area (Å²) < 4.78 is -1.08. The summed E-state index contributed by atoms with van der Waals surface area (Å²) in [5.41, 5.74) is 1.86. The molecule has 4 rings (SSSR count). The molecule has 1 spiro atoms. The van der Waals surface area contributed by atoms with Crippen LogP contribution in [0, 0.1) is 11.8 Å². The molecule has 8 nitrogen and oxygen atoms in total. The van der Waals surface area contributed by atoms with Crippen molar-refractivity contribution in [1.82, 2.24) is 9.80 Å². The minimum atomic E-state index is -0.680. The molecule has 3 aliphatic rings. The van der Waals surface area contributed by atoms with Crippen LogP contribution in [0.25, 0.3) is 0 Å². The van der Waals surface area contributed by atoms with Gasteiger partial charge in [-0.3, -0.25) is 14.4 Å². The molecule has 0 radical (unpaired) electrons. The molecule has 2 bridgehead atoms. The lowest BCUT2D eigenvalue weighted by atomic mass is 9.66. The third-order valence-electron chi connectivity index (χ3n) is 9.48. The van der Waals surface area contributed by atoms with Crippen LogP contribution in [-0.2, 0) is 14.4 Å². The average Bonchev–Trinajstić information content (AvgIpc) is 3.55. The number of anilines is 2. The molecule has 3 heterocycles. The molecule has 1 aromatic rings. The van der Waals surface area contributed by atoms with Crippen LogP contribution in [0.4, 0.5) is 11.4 Å². The first-order valence-corrected chi connectivity index (χ1v) is 16.2. The smallest absolute Gasteiger partial charge is 0.251 e. The summed E-state index contributed by atoms with van der Waals surface area (Å²) in [7, 11) is 1.76. The highest BCUT2D eigenvalue weighted by Gasteiger charge is 2.77. The topological polar surface area (TPSA) is 84.4 Å². The van der Waals surface area contributed by atoms with E-state index in [9.17, 15) is 19.5 Å². The number of aliphatic hydroxyl groups excluding tert-OH is 1. The minimum Gasteiger partial charge on any atom is -0.396 e. The second-order valence-corrected chi connectivity index (χ2v) is 13.9. The van der Waals surface area contributed by atoms with E-state index in [0.29, 0.717) is 38.9 Å². The molecular formula is C33H48N4O4S. The second kappa shape index (κ2) is 13.2. The largest absolute Gasteiger partial charge is 0.396 e. The predicted octanol–water partition coefficient (Wildman–Crippen LogP) is 4.34. The van der Waals surface area contributed by atoms with Crippen molar-refractivity contribution in [2.45, 2.75) is 68.4 Å². The van der Waals surface area contributed by atoms with E-state index in [1.54, 1.807) is 45.7 Å². The van der Waals surface area contributed by atoms with Crippen molar-refractivity contribution < 1.29 is 19.5 Å². The summed E-state index contributed by atoms with van der Waals surface area (Å²) in [6, 6.07) is 7.36. The van der Waals surface area contributed by atoms with Crippen LogP contribution in [0.5, 0.6) is 0 Å². The molecule has 9 heteroatoms. The molecule has 1 aromatic carbocycles. The van der Waals surface area contributed by atoms with Gasteiger partial charge in [0.2, 0.25) is 11.8 Å². The Morgan fingerprint density at radius 1 is 1.02 bits per heavy atom. The molecule has 230 valence electrons. The van der Waals surface area contributed by atoms with Crippen molar-refractivity contribution in [3.05, 3.63) is 49.6 Å². The van der Waals surface area contributed by atoms with Crippen LogP contribution in [0.1, 0.15) is 52.9 Å². The number of likely N-dealkylation sites (tertiary alicyclic amines) is 1. The van der Waals surface area contributed by atoms with Gasteiger partial charge in [0.05, 0.1) is 16.6 Å². The molecule has 3 aliphatic heterocycles. The van der Waals surface area contributed by atoms with Gasteiger partial charge >= 0.3 is 0 Å².